The second kappa shape index (κ2) is 7.79. The minimum Gasteiger partial charge on any atom is -0.496 e. The topological polar surface area (TPSA) is 69.6 Å². The summed E-state index contributed by atoms with van der Waals surface area (Å²) in [6, 6.07) is 3.52. The fourth-order valence-electron chi connectivity index (χ4n) is 2.59. The van der Waals surface area contributed by atoms with E-state index >= 15 is 0 Å². The Kier molecular flexibility index (Phi) is 5.50. The second-order valence-corrected chi connectivity index (χ2v) is 6.37. The molecule has 0 unspecified atom stereocenters. The number of nitrogens with zero attached hydrogens (tertiary/aromatic N) is 2. The summed E-state index contributed by atoms with van der Waals surface area (Å²) >= 11 is 1.37. The molecule has 1 aromatic carbocycles. The second-order valence-electron chi connectivity index (χ2n) is 5.36. The highest BCUT2D eigenvalue weighted by atomic mass is 32.2. The number of amidine groups is 1. The number of thioether (sulfide) groups is 1. The van der Waals surface area contributed by atoms with Gasteiger partial charge in [0.15, 0.2) is 16.7 Å². The van der Waals surface area contributed by atoms with Crippen LogP contribution >= 0.6 is 11.8 Å². The molecule has 25 heavy (non-hydrogen) atoms. The number of amides is 1. The van der Waals surface area contributed by atoms with E-state index in [4.69, 9.17) is 18.9 Å². The number of rotatable bonds is 4. The zero-order valence-corrected chi connectivity index (χ0v) is 15.2. The molecule has 134 valence electrons. The van der Waals surface area contributed by atoms with Gasteiger partial charge in [-0.05, 0) is 23.9 Å². The Morgan fingerprint density at radius 1 is 1.08 bits per heavy atom. The van der Waals surface area contributed by atoms with Crippen LogP contribution < -0.4 is 14.2 Å². The maximum Gasteiger partial charge on any atom is 0.286 e. The van der Waals surface area contributed by atoms with E-state index in [2.05, 4.69) is 9.89 Å². The zero-order valence-electron chi connectivity index (χ0n) is 14.4. The van der Waals surface area contributed by atoms with Crippen molar-refractivity contribution in [1.29, 1.82) is 0 Å². The highest BCUT2D eigenvalue weighted by molar-refractivity contribution is 8.18. The summed E-state index contributed by atoms with van der Waals surface area (Å²) in [7, 11) is 4.70. The van der Waals surface area contributed by atoms with E-state index in [0.29, 0.717) is 35.4 Å². The lowest BCUT2D eigenvalue weighted by Crippen LogP contribution is -2.38. The standard InChI is InChI=1S/C17H20N2O5S/c1-21-12-10-14(23-3)13(22-2)8-11(12)9-15-16(20)18-17(25-15)19-4-6-24-7-5-19/h8-10H,4-7H2,1-3H3/b15-9+. The molecule has 0 saturated carbocycles. The van der Waals surface area contributed by atoms with Crippen LogP contribution in [0.15, 0.2) is 22.0 Å². The number of hydrogen-bond acceptors (Lipinski definition) is 7. The first kappa shape index (κ1) is 17.6. The molecule has 7 nitrogen and oxygen atoms in total. The van der Waals surface area contributed by atoms with Crippen molar-refractivity contribution in [3.63, 3.8) is 0 Å². The third-order valence-electron chi connectivity index (χ3n) is 3.91. The molecule has 1 saturated heterocycles. The molecular formula is C17H20N2O5S. The first-order valence-corrected chi connectivity index (χ1v) is 8.63. The quantitative estimate of drug-likeness (QED) is 0.757. The molecule has 1 aromatic rings. The predicted molar refractivity (Wildman–Crippen MR) is 96.5 cm³/mol. The molecule has 2 aliphatic heterocycles. The molecule has 0 aliphatic carbocycles. The predicted octanol–water partition coefficient (Wildman–Crippen LogP) is 2.01. The van der Waals surface area contributed by atoms with Crippen molar-refractivity contribution in [2.45, 2.75) is 0 Å². The van der Waals surface area contributed by atoms with Crippen LogP contribution in [0.3, 0.4) is 0 Å². The van der Waals surface area contributed by atoms with Crippen molar-refractivity contribution < 1.29 is 23.7 Å². The third-order valence-corrected chi connectivity index (χ3v) is 4.96. The lowest BCUT2D eigenvalue weighted by molar-refractivity contribution is -0.113. The molecule has 3 rings (SSSR count). The van der Waals surface area contributed by atoms with Gasteiger partial charge < -0.3 is 23.8 Å². The normalized spacial score (nSPS) is 19.2. The molecule has 8 heteroatoms. The molecule has 0 atom stereocenters. The third kappa shape index (κ3) is 3.74. The molecule has 1 amide bonds. The van der Waals surface area contributed by atoms with Gasteiger partial charge in [-0.1, -0.05) is 0 Å². The van der Waals surface area contributed by atoms with E-state index in [-0.39, 0.29) is 5.91 Å². The number of morpholine rings is 1. The lowest BCUT2D eigenvalue weighted by atomic mass is 10.1. The van der Waals surface area contributed by atoms with Crippen molar-refractivity contribution in [3.05, 3.63) is 22.6 Å². The van der Waals surface area contributed by atoms with E-state index in [0.717, 1.165) is 23.8 Å². The van der Waals surface area contributed by atoms with E-state index in [1.165, 1.54) is 11.8 Å². The van der Waals surface area contributed by atoms with E-state index < -0.39 is 0 Å². The number of benzene rings is 1. The summed E-state index contributed by atoms with van der Waals surface area (Å²) in [6.07, 6.45) is 1.77. The van der Waals surface area contributed by atoms with E-state index in [1.54, 1.807) is 39.5 Å². The van der Waals surface area contributed by atoms with Gasteiger partial charge >= 0.3 is 0 Å². The Hall–Kier alpha value is -2.19. The summed E-state index contributed by atoms with van der Waals surface area (Å²) < 4.78 is 21.4. The van der Waals surface area contributed by atoms with Gasteiger partial charge in [0.2, 0.25) is 0 Å². The number of hydrogen-bond donors (Lipinski definition) is 0. The van der Waals surface area contributed by atoms with Gasteiger partial charge in [0.05, 0.1) is 39.4 Å². The van der Waals surface area contributed by atoms with Crippen molar-refractivity contribution in [1.82, 2.24) is 4.90 Å². The maximum atomic E-state index is 12.3. The molecule has 0 aromatic heterocycles. The van der Waals surface area contributed by atoms with Gasteiger partial charge in [-0.2, -0.15) is 4.99 Å². The van der Waals surface area contributed by atoms with Gasteiger partial charge in [0, 0.05) is 24.7 Å². The van der Waals surface area contributed by atoms with Gasteiger partial charge in [0.25, 0.3) is 5.91 Å². The average Bonchev–Trinajstić information content (AvgIpc) is 3.02. The van der Waals surface area contributed by atoms with Crippen LogP contribution in [-0.4, -0.2) is 63.6 Å². The Balaban J connectivity index is 1.87. The first-order chi connectivity index (χ1) is 12.2. The van der Waals surface area contributed by atoms with Crippen LogP contribution in [0.1, 0.15) is 5.56 Å². The minimum absolute atomic E-state index is 0.247. The summed E-state index contributed by atoms with van der Waals surface area (Å²) in [6.45, 7) is 2.78. The summed E-state index contributed by atoms with van der Waals surface area (Å²) in [4.78, 5) is 19.1. The van der Waals surface area contributed by atoms with E-state index in [9.17, 15) is 4.79 Å². The molecule has 2 heterocycles. The van der Waals surface area contributed by atoms with Gasteiger partial charge in [-0.15, -0.1) is 0 Å². The van der Waals surface area contributed by atoms with Crippen LogP contribution in [0, 0.1) is 0 Å². The average molecular weight is 364 g/mol. The molecule has 0 spiro atoms. The Morgan fingerprint density at radius 2 is 1.72 bits per heavy atom. The number of carbonyl (C=O) groups is 1. The Labute approximate surface area is 150 Å². The molecule has 1 fully saturated rings. The van der Waals surface area contributed by atoms with Crippen LogP contribution in [0.25, 0.3) is 6.08 Å². The van der Waals surface area contributed by atoms with Crippen molar-refractivity contribution in [2.75, 3.05) is 47.6 Å². The zero-order chi connectivity index (χ0) is 17.8. The lowest BCUT2D eigenvalue weighted by Gasteiger charge is -2.27. The van der Waals surface area contributed by atoms with Gasteiger partial charge in [-0.3, -0.25) is 4.79 Å². The number of ether oxygens (including phenoxy) is 4. The largest absolute Gasteiger partial charge is 0.496 e. The minimum atomic E-state index is -0.247. The highest BCUT2D eigenvalue weighted by Crippen LogP contribution is 2.38. The van der Waals surface area contributed by atoms with Crippen molar-refractivity contribution >= 4 is 28.9 Å². The maximum absolute atomic E-state index is 12.3. The Bertz CT molecular complexity index is 726. The summed E-state index contributed by atoms with van der Waals surface area (Å²) in [5, 5.41) is 0.721. The SMILES string of the molecule is COc1cc(OC)c(OC)cc1/C=C1/SC(N2CCOCC2)=NC1=O. The van der Waals surface area contributed by atoms with Gasteiger partial charge in [-0.25, -0.2) is 0 Å². The molecular weight excluding hydrogens is 344 g/mol. The van der Waals surface area contributed by atoms with Crippen LogP contribution in [0.4, 0.5) is 0 Å². The van der Waals surface area contributed by atoms with Crippen LogP contribution in [0.5, 0.6) is 17.2 Å². The van der Waals surface area contributed by atoms with Crippen molar-refractivity contribution in [3.8, 4) is 17.2 Å². The highest BCUT2D eigenvalue weighted by Gasteiger charge is 2.27. The molecule has 0 radical (unpaired) electrons. The molecule has 2 aliphatic rings. The monoisotopic (exact) mass is 364 g/mol. The number of aliphatic imine (C=N–C) groups is 1. The fraction of sp³-hybridized carbons (Fsp3) is 0.412. The summed E-state index contributed by atoms with van der Waals surface area (Å²) in [5.41, 5.74) is 0.731. The first-order valence-electron chi connectivity index (χ1n) is 7.81. The van der Waals surface area contributed by atoms with Crippen LogP contribution in [0.2, 0.25) is 0 Å². The number of carbonyl (C=O) groups excluding carboxylic acids is 1. The van der Waals surface area contributed by atoms with Crippen LogP contribution in [-0.2, 0) is 9.53 Å². The molecule has 0 N–H and O–H groups in total. The van der Waals surface area contributed by atoms with E-state index in [1.807, 2.05) is 0 Å². The Morgan fingerprint density at radius 3 is 2.36 bits per heavy atom. The summed E-state index contributed by atoms with van der Waals surface area (Å²) in [5.74, 6) is 1.48. The fourth-order valence-corrected chi connectivity index (χ4v) is 3.55. The smallest absolute Gasteiger partial charge is 0.286 e. The number of methoxy groups -OCH3 is 3. The van der Waals surface area contributed by atoms with Crippen molar-refractivity contribution in [2.24, 2.45) is 4.99 Å². The van der Waals surface area contributed by atoms with Gasteiger partial charge in [0.1, 0.15) is 5.75 Å². The molecule has 0 bridgehead atoms.